The van der Waals surface area contributed by atoms with Crippen LogP contribution < -0.4 is 0 Å². The van der Waals surface area contributed by atoms with Gasteiger partial charge >= 0.3 is 5.97 Å². The van der Waals surface area contributed by atoms with Crippen molar-refractivity contribution in [2.24, 2.45) is 0 Å². The standard InChI is InChI=1S/C18H18BrClN2O4/c1-12(23)26-11-24-7-4-5-13-15(20)9-16-14(18(13)19)10-21-22(16)17-6-2-3-8-25-17/h9-10,17H,2-3,6-8,11H2,1H3. The van der Waals surface area contributed by atoms with Crippen LogP contribution in [0, 0.1) is 11.8 Å². The normalized spacial score (nSPS) is 17.0. The average molecular weight is 442 g/mol. The van der Waals surface area contributed by atoms with Crippen molar-refractivity contribution in [2.45, 2.75) is 32.4 Å². The molecule has 1 saturated heterocycles. The molecule has 1 aliphatic rings. The van der Waals surface area contributed by atoms with Gasteiger partial charge in [0.2, 0.25) is 0 Å². The van der Waals surface area contributed by atoms with Crippen LogP contribution in [0.4, 0.5) is 0 Å². The molecule has 2 heterocycles. The fraction of sp³-hybridized carbons (Fsp3) is 0.444. The molecule has 0 aliphatic carbocycles. The van der Waals surface area contributed by atoms with E-state index in [2.05, 4.69) is 37.6 Å². The SMILES string of the molecule is CC(=O)OCOCC#Cc1c(Cl)cc2c(cnn2C2CCCCO2)c1Br. The van der Waals surface area contributed by atoms with E-state index in [1.807, 2.05) is 10.7 Å². The third-order valence-corrected chi connectivity index (χ3v) is 5.08. The third-order valence-electron chi connectivity index (χ3n) is 3.95. The van der Waals surface area contributed by atoms with Gasteiger partial charge in [-0.25, -0.2) is 4.68 Å². The van der Waals surface area contributed by atoms with Gasteiger partial charge in [-0.2, -0.15) is 5.10 Å². The summed E-state index contributed by atoms with van der Waals surface area (Å²) in [6.07, 6.45) is 4.87. The Bertz CT molecular complexity index is 865. The molecule has 3 rings (SSSR count). The molecule has 0 N–H and O–H groups in total. The van der Waals surface area contributed by atoms with E-state index < -0.39 is 5.97 Å². The van der Waals surface area contributed by atoms with Gasteiger partial charge in [0.25, 0.3) is 0 Å². The lowest BCUT2D eigenvalue weighted by Crippen LogP contribution is -2.18. The van der Waals surface area contributed by atoms with E-state index in [4.69, 9.17) is 21.1 Å². The summed E-state index contributed by atoms with van der Waals surface area (Å²) in [7, 11) is 0. The van der Waals surface area contributed by atoms with Gasteiger partial charge in [0.1, 0.15) is 6.61 Å². The summed E-state index contributed by atoms with van der Waals surface area (Å²) in [5, 5.41) is 5.93. The van der Waals surface area contributed by atoms with Crippen molar-refractivity contribution in [3.63, 3.8) is 0 Å². The van der Waals surface area contributed by atoms with Crippen LogP contribution in [0.15, 0.2) is 16.7 Å². The molecular formula is C18H18BrClN2O4. The first-order chi connectivity index (χ1) is 12.6. The second-order valence-corrected chi connectivity index (χ2v) is 6.99. The zero-order chi connectivity index (χ0) is 18.5. The zero-order valence-corrected chi connectivity index (χ0v) is 16.6. The van der Waals surface area contributed by atoms with E-state index in [1.54, 1.807) is 6.20 Å². The van der Waals surface area contributed by atoms with Crippen LogP contribution in [0.3, 0.4) is 0 Å². The van der Waals surface area contributed by atoms with Gasteiger partial charge in [-0.1, -0.05) is 23.4 Å². The largest absolute Gasteiger partial charge is 0.439 e. The van der Waals surface area contributed by atoms with Gasteiger partial charge in [-0.15, -0.1) is 0 Å². The maximum atomic E-state index is 10.6. The first kappa shape index (κ1) is 19.2. The third kappa shape index (κ3) is 4.38. The van der Waals surface area contributed by atoms with Crippen molar-refractivity contribution >= 4 is 44.4 Å². The Kier molecular flexibility index (Phi) is 6.54. The second-order valence-electron chi connectivity index (χ2n) is 5.79. The number of nitrogens with zero attached hydrogens (tertiary/aromatic N) is 2. The quantitative estimate of drug-likeness (QED) is 0.310. The van der Waals surface area contributed by atoms with Gasteiger partial charge < -0.3 is 14.2 Å². The Morgan fingerprint density at radius 2 is 2.38 bits per heavy atom. The number of rotatable bonds is 4. The summed E-state index contributed by atoms with van der Waals surface area (Å²) in [5.41, 5.74) is 1.57. The van der Waals surface area contributed by atoms with E-state index in [9.17, 15) is 4.79 Å². The van der Waals surface area contributed by atoms with Crippen molar-refractivity contribution in [2.75, 3.05) is 20.0 Å². The maximum absolute atomic E-state index is 10.6. The number of aromatic nitrogens is 2. The molecule has 1 aliphatic heterocycles. The highest BCUT2D eigenvalue weighted by molar-refractivity contribution is 9.10. The summed E-state index contributed by atoms with van der Waals surface area (Å²) in [6, 6.07) is 1.86. The molecule has 8 heteroatoms. The van der Waals surface area contributed by atoms with E-state index in [-0.39, 0.29) is 19.6 Å². The van der Waals surface area contributed by atoms with Crippen molar-refractivity contribution < 1.29 is 19.0 Å². The van der Waals surface area contributed by atoms with Gasteiger partial charge in [0.05, 0.1) is 22.3 Å². The van der Waals surface area contributed by atoms with Gasteiger partial charge in [-0.05, 0) is 41.3 Å². The second kappa shape index (κ2) is 8.87. The topological polar surface area (TPSA) is 62.6 Å². The number of benzene rings is 1. The van der Waals surface area contributed by atoms with E-state index in [0.29, 0.717) is 10.6 Å². The molecule has 0 spiro atoms. The number of hydrogen-bond acceptors (Lipinski definition) is 5. The fourth-order valence-electron chi connectivity index (χ4n) is 2.72. The minimum Gasteiger partial charge on any atom is -0.439 e. The van der Waals surface area contributed by atoms with Crippen LogP contribution in [0.2, 0.25) is 5.02 Å². The summed E-state index contributed by atoms with van der Waals surface area (Å²) in [4.78, 5) is 10.6. The van der Waals surface area contributed by atoms with Crippen LogP contribution >= 0.6 is 27.5 Å². The van der Waals surface area contributed by atoms with Crippen molar-refractivity contribution in [1.82, 2.24) is 9.78 Å². The lowest BCUT2D eigenvalue weighted by Gasteiger charge is -2.23. The average Bonchev–Trinajstić information content (AvgIpc) is 3.04. The molecule has 138 valence electrons. The zero-order valence-electron chi connectivity index (χ0n) is 14.3. The molecule has 1 fully saturated rings. The van der Waals surface area contributed by atoms with Crippen LogP contribution in [-0.4, -0.2) is 35.8 Å². The monoisotopic (exact) mass is 440 g/mol. The molecule has 1 unspecified atom stereocenters. The molecule has 1 aromatic heterocycles. The molecular weight excluding hydrogens is 424 g/mol. The Labute approximate surface area is 164 Å². The molecule has 1 atom stereocenters. The highest BCUT2D eigenvalue weighted by Gasteiger charge is 2.20. The highest BCUT2D eigenvalue weighted by atomic mass is 79.9. The number of carbonyl (C=O) groups excluding carboxylic acids is 1. The lowest BCUT2D eigenvalue weighted by molar-refractivity contribution is -0.152. The molecule has 1 aromatic carbocycles. The van der Waals surface area contributed by atoms with Crippen LogP contribution in [0.5, 0.6) is 0 Å². The Morgan fingerprint density at radius 3 is 3.12 bits per heavy atom. The number of fused-ring (bicyclic) bond motifs is 1. The predicted molar refractivity (Wildman–Crippen MR) is 101 cm³/mol. The van der Waals surface area contributed by atoms with Gasteiger partial charge in [-0.3, -0.25) is 4.79 Å². The number of halogens is 2. The van der Waals surface area contributed by atoms with Crippen molar-refractivity contribution in [3.8, 4) is 11.8 Å². The summed E-state index contributed by atoms with van der Waals surface area (Å²) < 4.78 is 18.3. The van der Waals surface area contributed by atoms with E-state index in [1.165, 1.54) is 6.92 Å². The minimum absolute atomic E-state index is 0.0594. The Balaban J connectivity index is 1.79. The van der Waals surface area contributed by atoms with Crippen molar-refractivity contribution in [3.05, 3.63) is 27.3 Å². The van der Waals surface area contributed by atoms with E-state index in [0.717, 1.165) is 41.2 Å². The van der Waals surface area contributed by atoms with Gasteiger partial charge in [0, 0.05) is 23.4 Å². The number of hydrogen-bond donors (Lipinski definition) is 0. The predicted octanol–water partition coefficient (Wildman–Crippen LogP) is 4.04. The number of esters is 1. The highest BCUT2D eigenvalue weighted by Crippen LogP contribution is 2.35. The summed E-state index contributed by atoms with van der Waals surface area (Å²) in [6.45, 7) is 2.08. The van der Waals surface area contributed by atoms with Crippen LogP contribution in [0.25, 0.3) is 10.9 Å². The molecule has 0 bridgehead atoms. The van der Waals surface area contributed by atoms with Gasteiger partial charge in [0.15, 0.2) is 13.0 Å². The number of carbonyl (C=O) groups is 1. The van der Waals surface area contributed by atoms with E-state index >= 15 is 0 Å². The first-order valence-corrected chi connectivity index (χ1v) is 9.42. The summed E-state index contributed by atoms with van der Waals surface area (Å²) in [5.74, 6) is 5.45. The first-order valence-electron chi connectivity index (χ1n) is 8.24. The Hall–Kier alpha value is -1.59. The minimum atomic E-state index is -0.395. The molecule has 0 amide bonds. The molecule has 0 saturated carbocycles. The Morgan fingerprint density at radius 1 is 1.54 bits per heavy atom. The lowest BCUT2D eigenvalue weighted by atomic mass is 10.1. The summed E-state index contributed by atoms with van der Waals surface area (Å²) >= 11 is 10.0. The smallest absolute Gasteiger partial charge is 0.304 e. The number of ether oxygens (including phenoxy) is 3. The maximum Gasteiger partial charge on any atom is 0.304 e. The van der Waals surface area contributed by atoms with Crippen LogP contribution in [0.1, 0.15) is 38.0 Å². The van der Waals surface area contributed by atoms with Crippen LogP contribution in [-0.2, 0) is 19.0 Å². The molecule has 6 nitrogen and oxygen atoms in total. The fourth-order valence-corrected chi connectivity index (χ4v) is 3.70. The molecule has 0 radical (unpaired) electrons. The molecule has 2 aromatic rings. The molecule has 26 heavy (non-hydrogen) atoms. The van der Waals surface area contributed by atoms with Crippen molar-refractivity contribution in [1.29, 1.82) is 0 Å².